The Morgan fingerprint density at radius 2 is 0.897 bits per heavy atom. The number of phosphoric ester groups is 1. The molecule has 0 aliphatic rings. The standard InChI is InChI=1S/C63H96N17O26P/c1-28(2)22-39(75-57(96)42(25-46(65)85)77-60(99)49(66)31(6)82)55(94)79-44(27-81)59(98)72-37(18-20-47(86)87)52(91)71-36(17-19-45(64)84)53(92)76-40(24-33-11-15-35(16-12-33)106-107(103,104)105)54(93)70-30(5)51(90)74-43(26-48(88)89)58(97)80-50(29(3)4)61(100)78-41(23-32-9-13-34(83)14-10-32)56(95)73-38(62(101)102)8-7-21-69-63(67)68/h9-16,28-31,36-44,49-50,81-83H,7-8,17-27,66H2,1-6H3,(H2,64,84)(H2,65,85)(H,70,93)(H,71,91)(H,72,98)(H,73,95)(H,74,90)(H,75,96)(H,76,92)(H,77,99)(H,78,100)(H,79,94)(H,80,97)(H,86,87)(H,88,89)(H,101,102)(H4,67,68,69)(H2,103,104,105)/t30-,31+,36-,37-,38-,39-,40-,41-,42-,43-,44-,49-,50-/m0/s1. The molecule has 43 nitrogen and oxygen atoms in total. The molecule has 29 N–H and O–H groups in total. The predicted molar refractivity (Wildman–Crippen MR) is 371 cm³/mol. The molecule has 0 fully saturated rings. The van der Waals surface area contributed by atoms with Crippen LogP contribution in [0, 0.1) is 11.8 Å². The van der Waals surface area contributed by atoms with Gasteiger partial charge in [-0.25, -0.2) is 9.36 Å². The van der Waals surface area contributed by atoms with E-state index in [0.29, 0.717) is 5.56 Å². The van der Waals surface area contributed by atoms with Crippen LogP contribution in [0.3, 0.4) is 0 Å². The number of nitrogens with two attached hydrogens (primary N) is 5. The van der Waals surface area contributed by atoms with Crippen LogP contribution in [0.1, 0.15) is 110 Å². The summed E-state index contributed by atoms with van der Waals surface area (Å²) in [6.07, 6.45) is -7.74. The van der Waals surface area contributed by atoms with Gasteiger partial charge >= 0.3 is 25.7 Å². The van der Waals surface area contributed by atoms with Crippen molar-refractivity contribution in [2.75, 3.05) is 13.2 Å². The minimum Gasteiger partial charge on any atom is -0.508 e. The first kappa shape index (κ1) is 91.9. The van der Waals surface area contributed by atoms with Crippen LogP contribution in [0.25, 0.3) is 0 Å². The molecule has 13 amide bonds. The molecule has 2 aromatic carbocycles. The number of phosphoric acid groups is 1. The first-order valence-electron chi connectivity index (χ1n) is 33.1. The number of aliphatic imine (C=N–C) groups is 1. The first-order valence-corrected chi connectivity index (χ1v) is 34.6. The number of aliphatic hydroxyl groups excluding tert-OH is 2. The molecule has 0 unspecified atom stereocenters. The summed E-state index contributed by atoms with van der Waals surface area (Å²) in [5, 5.41) is 84.5. The van der Waals surface area contributed by atoms with E-state index in [1.807, 2.05) is 0 Å². The zero-order chi connectivity index (χ0) is 81.3. The van der Waals surface area contributed by atoms with Gasteiger partial charge in [-0.3, -0.25) is 86.7 Å². The number of amides is 13. The van der Waals surface area contributed by atoms with Crippen molar-refractivity contribution < 1.29 is 126 Å². The van der Waals surface area contributed by atoms with E-state index in [1.54, 1.807) is 13.8 Å². The maximum atomic E-state index is 14.5. The number of carboxylic acids is 3. The molecule has 0 saturated heterocycles. The van der Waals surface area contributed by atoms with Gasteiger partial charge < -0.3 is 122 Å². The van der Waals surface area contributed by atoms with Gasteiger partial charge in [-0.2, -0.15) is 0 Å². The summed E-state index contributed by atoms with van der Waals surface area (Å²) in [6.45, 7) is 7.03. The fourth-order valence-corrected chi connectivity index (χ4v) is 10.1. The highest BCUT2D eigenvalue weighted by molar-refractivity contribution is 7.46. The first-order chi connectivity index (χ1) is 49.8. The van der Waals surface area contributed by atoms with E-state index in [0.717, 1.165) is 26.0 Å². The van der Waals surface area contributed by atoms with Crippen LogP contribution in [0.15, 0.2) is 53.5 Å². The molecule has 594 valence electrons. The van der Waals surface area contributed by atoms with Gasteiger partial charge in [-0.05, 0) is 93.2 Å². The fourth-order valence-electron chi connectivity index (χ4n) is 9.74. The van der Waals surface area contributed by atoms with E-state index >= 15 is 0 Å². The number of aliphatic carboxylic acids is 3. The second-order valence-corrected chi connectivity index (χ2v) is 26.5. The molecule has 0 aliphatic heterocycles. The molecule has 0 bridgehead atoms. The summed E-state index contributed by atoms with van der Waals surface area (Å²) in [7, 11) is -5.13. The van der Waals surface area contributed by atoms with Gasteiger partial charge in [0.2, 0.25) is 76.8 Å². The van der Waals surface area contributed by atoms with Crippen molar-refractivity contribution in [3.63, 3.8) is 0 Å². The molecule has 0 radical (unpaired) electrons. The third-order valence-corrected chi connectivity index (χ3v) is 15.9. The van der Waals surface area contributed by atoms with E-state index in [4.69, 9.17) is 28.7 Å². The number of nitrogens with zero attached hydrogens (tertiary/aromatic N) is 1. The number of aromatic hydroxyl groups is 1. The third kappa shape index (κ3) is 35.0. The monoisotopic (exact) mass is 1540 g/mol. The molecule has 0 aromatic heterocycles. The third-order valence-electron chi connectivity index (χ3n) is 15.4. The van der Waals surface area contributed by atoms with Crippen LogP contribution < -0.4 is 91.7 Å². The smallest absolute Gasteiger partial charge is 0.508 e. The van der Waals surface area contributed by atoms with Crippen LogP contribution >= 0.6 is 7.82 Å². The van der Waals surface area contributed by atoms with Crippen molar-refractivity contribution in [1.82, 2.24) is 58.5 Å². The van der Waals surface area contributed by atoms with Crippen LogP contribution in [-0.2, 0) is 94.1 Å². The Morgan fingerprint density at radius 1 is 0.477 bits per heavy atom. The van der Waals surface area contributed by atoms with Gasteiger partial charge in [0.15, 0.2) is 5.96 Å². The Hall–Kier alpha value is -11.1. The normalized spacial score (nSPS) is 14.9. The zero-order valence-electron chi connectivity index (χ0n) is 59.2. The van der Waals surface area contributed by atoms with Crippen LogP contribution in [0.4, 0.5) is 0 Å². The molecule has 0 spiro atoms. The van der Waals surface area contributed by atoms with Crippen LogP contribution in [-0.4, -0.2) is 233 Å². The highest BCUT2D eigenvalue weighted by Gasteiger charge is 2.38. The quantitative estimate of drug-likeness (QED) is 0.0127. The van der Waals surface area contributed by atoms with Crippen LogP contribution in [0.2, 0.25) is 0 Å². The van der Waals surface area contributed by atoms with Crippen molar-refractivity contribution in [3.8, 4) is 11.5 Å². The summed E-state index contributed by atoms with van der Waals surface area (Å²) in [5.74, 6) is -22.4. The Bertz CT molecular complexity index is 3560. The van der Waals surface area contributed by atoms with E-state index in [2.05, 4.69) is 68.0 Å². The molecular formula is C63H96N17O26P. The summed E-state index contributed by atoms with van der Waals surface area (Å²) in [4.78, 5) is 236. The van der Waals surface area contributed by atoms with Gasteiger partial charge in [0.05, 0.1) is 25.6 Å². The fraction of sp³-hybridized carbons (Fsp3) is 0.540. The summed E-state index contributed by atoms with van der Waals surface area (Å²) >= 11 is 0. The lowest BCUT2D eigenvalue weighted by Gasteiger charge is -2.28. The number of phenols is 1. The summed E-state index contributed by atoms with van der Waals surface area (Å²) < 4.78 is 16.2. The number of benzene rings is 2. The van der Waals surface area contributed by atoms with Gasteiger partial charge in [0, 0.05) is 32.2 Å². The number of phenolic OH excluding ortho intramolecular Hbond substituents is 1. The second-order valence-electron chi connectivity index (χ2n) is 25.4. The van der Waals surface area contributed by atoms with Crippen molar-refractivity contribution in [2.24, 2.45) is 45.5 Å². The van der Waals surface area contributed by atoms with Crippen molar-refractivity contribution in [3.05, 3.63) is 59.7 Å². The molecule has 44 heteroatoms. The largest absolute Gasteiger partial charge is 0.524 e. The molecule has 2 aromatic rings. The minimum atomic E-state index is -5.13. The summed E-state index contributed by atoms with van der Waals surface area (Å²) in [5.41, 5.74) is 27.5. The number of carbonyl (C=O) groups excluding carboxylic acids is 13. The Labute approximate surface area is 611 Å². The Kier molecular flexibility index (Phi) is 38.3. The number of aliphatic hydroxyl groups is 2. The maximum Gasteiger partial charge on any atom is 0.524 e. The molecule has 2 rings (SSSR count). The molecule has 13 atom stereocenters. The SMILES string of the molecule is CC(C)C[C@H](NC(=O)[C@H](CC(N)=O)NC(=O)[C@@H](N)[C@@H](C)O)C(=O)N[C@@H](CO)C(=O)N[C@@H](CCC(=O)O)C(=O)N[C@@H](CCC(N)=O)C(=O)N[C@@H](Cc1ccc(OP(=O)(O)O)cc1)C(=O)N[C@@H](C)C(=O)N[C@@H](CC(=O)O)C(=O)N[C@H](C(=O)N[C@@H](Cc1ccc(O)cc1)C(=O)N[C@@H](CCCN=C(N)N)C(=O)O)C(C)C. The van der Waals surface area contributed by atoms with E-state index in [-0.39, 0.29) is 49.5 Å². The molecular weight excluding hydrogens is 1440 g/mol. The number of nitrogens with one attached hydrogen (secondary N) is 11. The van der Waals surface area contributed by atoms with Gasteiger partial charge in [0.1, 0.15) is 84.0 Å². The number of hydrogen-bond acceptors (Lipinski definition) is 23. The number of guanidine groups is 1. The number of rotatable bonds is 48. The van der Waals surface area contributed by atoms with E-state index in [9.17, 15) is 122 Å². The van der Waals surface area contributed by atoms with Gasteiger partial charge in [0.25, 0.3) is 0 Å². The average molecular weight is 1540 g/mol. The number of primary amides is 2. The van der Waals surface area contributed by atoms with E-state index in [1.165, 1.54) is 50.2 Å². The topological polar surface area (TPSA) is 736 Å². The number of carboxylic acid groups (broad SMARTS) is 3. The van der Waals surface area contributed by atoms with E-state index < -0.39 is 250 Å². The van der Waals surface area contributed by atoms with Gasteiger partial charge in [-0.1, -0.05) is 52.0 Å². The lowest BCUT2D eigenvalue weighted by atomic mass is 10.00. The van der Waals surface area contributed by atoms with Gasteiger partial charge in [-0.15, -0.1) is 0 Å². The van der Waals surface area contributed by atoms with Crippen molar-refractivity contribution in [1.29, 1.82) is 0 Å². The summed E-state index contributed by atoms with van der Waals surface area (Å²) in [6, 6.07) is -11.7. The Morgan fingerprint density at radius 3 is 1.36 bits per heavy atom. The second kappa shape index (κ2) is 44.6. The molecule has 0 aliphatic carbocycles. The molecule has 0 heterocycles. The highest BCUT2D eigenvalue weighted by Crippen LogP contribution is 2.37. The minimum absolute atomic E-state index is 0.00425. The molecule has 0 saturated carbocycles. The average Bonchev–Trinajstić information content (AvgIpc) is 0.855. The molecule has 107 heavy (non-hydrogen) atoms. The van der Waals surface area contributed by atoms with Crippen molar-refractivity contribution >= 4 is 108 Å². The number of hydrogen-bond donors (Lipinski definition) is 24. The zero-order valence-corrected chi connectivity index (χ0v) is 60.1. The highest BCUT2D eigenvalue weighted by atomic mass is 31.2. The lowest BCUT2D eigenvalue weighted by molar-refractivity contribution is -0.142. The van der Waals surface area contributed by atoms with Crippen LogP contribution in [0.5, 0.6) is 11.5 Å². The Balaban J connectivity index is 2.57. The lowest BCUT2D eigenvalue weighted by Crippen LogP contribution is -2.61. The predicted octanol–water partition coefficient (Wildman–Crippen LogP) is -7.98. The number of carbonyl (C=O) groups is 16. The maximum absolute atomic E-state index is 14.5. The van der Waals surface area contributed by atoms with Crippen molar-refractivity contribution in [2.45, 2.75) is 191 Å².